The van der Waals surface area contributed by atoms with Crippen LogP contribution in [0.2, 0.25) is 0 Å². The predicted octanol–water partition coefficient (Wildman–Crippen LogP) is 7.51. The third-order valence-electron chi connectivity index (χ3n) is 8.96. The number of unbranched alkanes of at least 4 members (excludes halogenated alkanes) is 3. The van der Waals surface area contributed by atoms with Crippen LogP contribution < -0.4 is 0 Å². The zero-order chi connectivity index (χ0) is 22.1. The molecule has 0 aromatic heterocycles. The van der Waals surface area contributed by atoms with Gasteiger partial charge in [-0.3, -0.25) is 9.59 Å². The van der Waals surface area contributed by atoms with Crippen LogP contribution in [0.15, 0.2) is 0 Å². The summed E-state index contributed by atoms with van der Waals surface area (Å²) in [5, 5.41) is 0. The van der Waals surface area contributed by atoms with E-state index in [-0.39, 0.29) is 11.8 Å². The van der Waals surface area contributed by atoms with Crippen molar-refractivity contribution >= 4 is 11.8 Å². The van der Waals surface area contributed by atoms with Gasteiger partial charge in [0.2, 0.25) is 0 Å². The summed E-state index contributed by atoms with van der Waals surface area (Å²) in [4.78, 5) is 24.9. The number of carbonyl (C=O) groups is 2. The van der Waals surface area contributed by atoms with Crippen molar-refractivity contribution in [1.82, 2.24) is 0 Å². The van der Waals surface area contributed by atoms with E-state index in [2.05, 4.69) is 13.8 Å². The molecule has 0 N–H and O–H groups in total. The van der Waals surface area contributed by atoms with Gasteiger partial charge in [0, 0.05) is 6.42 Å². The van der Waals surface area contributed by atoms with E-state index in [1.165, 1.54) is 77.0 Å². The molecule has 3 aliphatic carbocycles. The van der Waals surface area contributed by atoms with Crippen LogP contribution in [0.25, 0.3) is 0 Å². The van der Waals surface area contributed by atoms with Gasteiger partial charge in [0.1, 0.15) is 11.7 Å². The van der Waals surface area contributed by atoms with Crippen LogP contribution in [0.3, 0.4) is 0 Å². The third kappa shape index (κ3) is 7.32. The molecule has 0 saturated heterocycles. The van der Waals surface area contributed by atoms with Crippen molar-refractivity contribution in [1.29, 1.82) is 0 Å². The van der Waals surface area contributed by atoms with E-state index < -0.39 is 5.92 Å². The van der Waals surface area contributed by atoms with Crippen molar-refractivity contribution < 1.29 is 14.3 Å². The van der Waals surface area contributed by atoms with Gasteiger partial charge in [-0.25, -0.2) is 0 Å². The molecule has 3 rings (SSSR count). The van der Waals surface area contributed by atoms with Gasteiger partial charge in [-0.05, 0) is 87.4 Å². The minimum Gasteiger partial charge on any atom is -0.465 e. The van der Waals surface area contributed by atoms with Gasteiger partial charge in [0.05, 0.1) is 6.61 Å². The summed E-state index contributed by atoms with van der Waals surface area (Å²) in [7, 11) is 0. The second kappa shape index (κ2) is 13.0. The first-order chi connectivity index (χ1) is 15.1. The molecule has 3 heteroatoms. The van der Waals surface area contributed by atoms with Gasteiger partial charge in [-0.2, -0.15) is 0 Å². The highest BCUT2D eigenvalue weighted by Crippen LogP contribution is 2.46. The van der Waals surface area contributed by atoms with Gasteiger partial charge >= 0.3 is 5.97 Å². The molecule has 0 bridgehead atoms. The molecule has 3 nitrogen and oxygen atoms in total. The normalized spacial score (nSPS) is 34.5. The molecule has 0 amide bonds. The lowest BCUT2D eigenvalue weighted by atomic mass is 9.64. The number of hydrogen-bond acceptors (Lipinski definition) is 3. The molecule has 2 unspecified atom stereocenters. The molecule has 0 aromatic rings. The molecule has 0 spiro atoms. The molecule has 178 valence electrons. The minimum atomic E-state index is -0.475. The minimum absolute atomic E-state index is 0.154. The van der Waals surface area contributed by atoms with Crippen molar-refractivity contribution in [2.24, 2.45) is 35.5 Å². The average Bonchev–Trinajstić information content (AvgIpc) is 2.80. The number of hydrogen-bond donors (Lipinski definition) is 0. The standard InChI is InChI=1S/C28H48O3/c1-3-5-7-8-21-9-11-22(12-10-21)23-13-15-24(16-14-23)25-17-18-26(27(29)20-25)28(30)31-19-6-4-2/h21-26H,3-20H2,1-2H3/t21-,22-,23-,24-,25?,26?. The van der Waals surface area contributed by atoms with E-state index in [0.29, 0.717) is 24.9 Å². The van der Waals surface area contributed by atoms with Gasteiger partial charge in [0.25, 0.3) is 0 Å². The monoisotopic (exact) mass is 432 g/mol. The zero-order valence-corrected chi connectivity index (χ0v) is 20.4. The summed E-state index contributed by atoms with van der Waals surface area (Å²) in [6.07, 6.45) is 21.2. The summed E-state index contributed by atoms with van der Waals surface area (Å²) < 4.78 is 5.33. The second-order valence-electron chi connectivity index (χ2n) is 11.0. The Balaban J connectivity index is 1.35. The highest BCUT2D eigenvalue weighted by Gasteiger charge is 2.39. The fraction of sp³-hybridized carbons (Fsp3) is 0.929. The van der Waals surface area contributed by atoms with E-state index in [9.17, 15) is 9.59 Å². The second-order valence-corrected chi connectivity index (χ2v) is 11.0. The summed E-state index contributed by atoms with van der Waals surface area (Å²) >= 11 is 0. The molecule has 0 radical (unpaired) electrons. The Morgan fingerprint density at radius 1 is 0.742 bits per heavy atom. The van der Waals surface area contributed by atoms with Crippen LogP contribution >= 0.6 is 0 Å². The highest BCUT2D eigenvalue weighted by molar-refractivity contribution is 5.99. The van der Waals surface area contributed by atoms with Crippen molar-refractivity contribution in [2.45, 2.75) is 123 Å². The van der Waals surface area contributed by atoms with Crippen molar-refractivity contribution in [2.75, 3.05) is 6.61 Å². The average molecular weight is 433 g/mol. The zero-order valence-electron chi connectivity index (χ0n) is 20.4. The van der Waals surface area contributed by atoms with Crippen LogP contribution in [0, 0.1) is 35.5 Å². The predicted molar refractivity (Wildman–Crippen MR) is 127 cm³/mol. The molecule has 0 aromatic carbocycles. The Hall–Kier alpha value is -0.860. The summed E-state index contributed by atoms with van der Waals surface area (Å²) in [5.41, 5.74) is 0. The van der Waals surface area contributed by atoms with E-state index in [0.717, 1.165) is 43.4 Å². The first kappa shape index (κ1) is 24.8. The third-order valence-corrected chi connectivity index (χ3v) is 8.96. The number of ketones is 1. The summed E-state index contributed by atoms with van der Waals surface area (Å²) in [6.45, 7) is 4.85. The number of esters is 1. The Morgan fingerprint density at radius 3 is 1.87 bits per heavy atom. The van der Waals surface area contributed by atoms with Crippen LogP contribution in [-0.4, -0.2) is 18.4 Å². The maximum atomic E-state index is 12.7. The largest absolute Gasteiger partial charge is 0.465 e. The summed E-state index contributed by atoms with van der Waals surface area (Å²) in [5.74, 6) is 3.57. The molecular weight excluding hydrogens is 384 g/mol. The van der Waals surface area contributed by atoms with E-state index in [1.807, 2.05) is 0 Å². The fourth-order valence-corrected chi connectivity index (χ4v) is 6.83. The lowest BCUT2D eigenvalue weighted by molar-refractivity contribution is -0.154. The van der Waals surface area contributed by atoms with Gasteiger partial charge in [0.15, 0.2) is 0 Å². The van der Waals surface area contributed by atoms with Crippen LogP contribution in [-0.2, 0) is 14.3 Å². The molecule has 0 aliphatic heterocycles. The molecular formula is C28H48O3. The first-order valence-corrected chi connectivity index (χ1v) is 13.8. The van der Waals surface area contributed by atoms with Gasteiger partial charge in [-0.15, -0.1) is 0 Å². The smallest absolute Gasteiger partial charge is 0.316 e. The van der Waals surface area contributed by atoms with Crippen LogP contribution in [0.1, 0.15) is 123 Å². The van der Waals surface area contributed by atoms with E-state index in [1.54, 1.807) is 0 Å². The Labute approximate surface area is 191 Å². The van der Waals surface area contributed by atoms with E-state index >= 15 is 0 Å². The maximum absolute atomic E-state index is 12.7. The highest BCUT2D eigenvalue weighted by atomic mass is 16.5. The molecule has 2 atom stereocenters. The van der Waals surface area contributed by atoms with Gasteiger partial charge < -0.3 is 4.74 Å². The molecule has 3 fully saturated rings. The fourth-order valence-electron chi connectivity index (χ4n) is 6.83. The van der Waals surface area contributed by atoms with Crippen LogP contribution in [0.5, 0.6) is 0 Å². The number of Topliss-reactive ketones (excluding diaryl/α,β-unsaturated/α-hetero) is 1. The van der Waals surface area contributed by atoms with Crippen molar-refractivity contribution in [3.05, 3.63) is 0 Å². The lowest BCUT2D eigenvalue weighted by Gasteiger charge is -2.41. The lowest BCUT2D eigenvalue weighted by Crippen LogP contribution is -2.36. The molecule has 0 heterocycles. The quantitative estimate of drug-likeness (QED) is 0.204. The van der Waals surface area contributed by atoms with Crippen LogP contribution in [0.4, 0.5) is 0 Å². The Morgan fingerprint density at radius 2 is 1.29 bits per heavy atom. The molecule has 3 aliphatic rings. The Kier molecular flexibility index (Phi) is 10.4. The first-order valence-electron chi connectivity index (χ1n) is 13.8. The molecule has 31 heavy (non-hydrogen) atoms. The topological polar surface area (TPSA) is 43.4 Å². The van der Waals surface area contributed by atoms with Crippen molar-refractivity contribution in [3.63, 3.8) is 0 Å². The molecule has 3 saturated carbocycles. The number of ether oxygens (including phenoxy) is 1. The Bertz CT molecular complexity index is 540. The SMILES string of the molecule is CCCCC[C@H]1CC[C@H]([C@H]2CC[C@H](C3CCC(C(=O)OCCCC)C(=O)C3)CC2)CC1. The number of rotatable bonds is 10. The van der Waals surface area contributed by atoms with Crippen molar-refractivity contribution in [3.8, 4) is 0 Å². The summed E-state index contributed by atoms with van der Waals surface area (Å²) in [6, 6.07) is 0. The number of carbonyl (C=O) groups excluding carboxylic acids is 2. The van der Waals surface area contributed by atoms with Gasteiger partial charge in [-0.1, -0.05) is 58.8 Å². The van der Waals surface area contributed by atoms with E-state index in [4.69, 9.17) is 4.74 Å². The maximum Gasteiger partial charge on any atom is 0.316 e.